The average molecular weight is 418 g/mol. The Hall–Kier alpha value is -4.20. The maximum absolute atomic E-state index is 12.3. The monoisotopic (exact) mass is 418 g/mol. The van der Waals surface area contributed by atoms with Crippen molar-refractivity contribution in [1.29, 1.82) is 0 Å². The van der Waals surface area contributed by atoms with Crippen LogP contribution in [0.1, 0.15) is 37.8 Å². The number of nitrogens with zero attached hydrogens (tertiary/aromatic N) is 1. The Morgan fingerprint density at radius 1 is 1.13 bits per heavy atom. The van der Waals surface area contributed by atoms with E-state index < -0.39 is 5.97 Å². The number of rotatable bonds is 7. The highest BCUT2D eigenvalue weighted by molar-refractivity contribution is 6.02. The molecule has 8 nitrogen and oxygen atoms in total. The van der Waals surface area contributed by atoms with Gasteiger partial charge in [-0.2, -0.15) is 0 Å². The predicted molar refractivity (Wildman–Crippen MR) is 116 cm³/mol. The second kappa shape index (κ2) is 10.0. The smallest absolute Gasteiger partial charge is 0.337 e. The van der Waals surface area contributed by atoms with E-state index in [1.807, 2.05) is 30.3 Å². The number of H-pyrrole nitrogens is 1. The summed E-state index contributed by atoms with van der Waals surface area (Å²) in [4.78, 5) is 43.4. The molecule has 0 aliphatic rings. The van der Waals surface area contributed by atoms with Gasteiger partial charge in [0.2, 0.25) is 5.91 Å². The minimum absolute atomic E-state index is 0.131. The van der Waals surface area contributed by atoms with E-state index >= 15 is 0 Å². The number of hydrogen-bond acceptors (Lipinski definition) is 5. The third-order valence-electron chi connectivity index (χ3n) is 4.28. The van der Waals surface area contributed by atoms with E-state index in [1.54, 1.807) is 31.3 Å². The van der Waals surface area contributed by atoms with Crippen LogP contribution in [0.2, 0.25) is 0 Å². The van der Waals surface area contributed by atoms with Gasteiger partial charge in [-0.1, -0.05) is 30.3 Å². The molecule has 8 heteroatoms. The molecule has 0 aliphatic heterocycles. The van der Waals surface area contributed by atoms with E-state index in [0.29, 0.717) is 11.3 Å². The van der Waals surface area contributed by atoms with Gasteiger partial charge in [-0.15, -0.1) is 0 Å². The van der Waals surface area contributed by atoms with E-state index in [-0.39, 0.29) is 29.7 Å². The number of ether oxygens (including phenoxy) is 1. The van der Waals surface area contributed by atoms with Gasteiger partial charge in [-0.3, -0.25) is 9.59 Å². The number of methoxy groups -OCH3 is 1. The Balaban J connectivity index is 1.73. The van der Waals surface area contributed by atoms with Crippen LogP contribution in [0.4, 0.5) is 5.69 Å². The van der Waals surface area contributed by atoms with Gasteiger partial charge in [0.25, 0.3) is 5.91 Å². The van der Waals surface area contributed by atoms with Crippen molar-refractivity contribution >= 4 is 29.5 Å². The molecule has 2 amide bonds. The first-order valence-electron chi connectivity index (χ1n) is 9.51. The Morgan fingerprint density at radius 3 is 2.58 bits per heavy atom. The van der Waals surface area contributed by atoms with Crippen molar-refractivity contribution < 1.29 is 19.1 Å². The molecule has 0 bridgehead atoms. The minimum Gasteiger partial charge on any atom is -0.465 e. The van der Waals surface area contributed by atoms with Crippen LogP contribution in [-0.2, 0) is 16.1 Å². The van der Waals surface area contributed by atoms with Gasteiger partial charge >= 0.3 is 5.97 Å². The van der Waals surface area contributed by atoms with Crippen molar-refractivity contribution in [2.75, 3.05) is 12.4 Å². The summed E-state index contributed by atoms with van der Waals surface area (Å²) in [5, 5.41) is 5.46. The van der Waals surface area contributed by atoms with Crippen LogP contribution in [0.15, 0.2) is 60.8 Å². The number of aromatic nitrogens is 2. The van der Waals surface area contributed by atoms with E-state index in [2.05, 4.69) is 20.6 Å². The molecular weight excluding hydrogens is 396 g/mol. The molecule has 3 rings (SSSR count). The fraction of sp³-hybridized carbons (Fsp3) is 0.130. The van der Waals surface area contributed by atoms with E-state index in [4.69, 9.17) is 4.74 Å². The van der Waals surface area contributed by atoms with Gasteiger partial charge in [0.05, 0.1) is 12.7 Å². The van der Waals surface area contributed by atoms with Gasteiger partial charge in [0, 0.05) is 30.2 Å². The largest absolute Gasteiger partial charge is 0.465 e. The van der Waals surface area contributed by atoms with Crippen molar-refractivity contribution in [2.24, 2.45) is 0 Å². The lowest BCUT2D eigenvalue weighted by molar-refractivity contribution is -0.111. The third kappa shape index (κ3) is 6.14. The zero-order chi connectivity index (χ0) is 22.2. The standard InChI is InChI=1S/C23H22N4O4/c1-15-13-24-21(26-15)22(29)25-14-17-10-18(23(30)31-2)12-19(11-17)27-20(28)9-8-16-6-4-3-5-7-16/h3-13H,14H2,1-2H3,(H,24,26)(H,25,29)(H,27,28). The number of aryl methyl sites for hydroxylation is 1. The van der Waals surface area contributed by atoms with Crippen LogP contribution >= 0.6 is 0 Å². The lowest BCUT2D eigenvalue weighted by Crippen LogP contribution is -2.24. The fourth-order valence-corrected chi connectivity index (χ4v) is 2.82. The number of nitrogens with one attached hydrogen (secondary N) is 3. The normalized spacial score (nSPS) is 10.6. The first-order valence-corrected chi connectivity index (χ1v) is 9.51. The maximum Gasteiger partial charge on any atom is 0.337 e. The number of esters is 1. The SMILES string of the molecule is COC(=O)c1cc(CNC(=O)c2ncc(C)[nH]2)cc(NC(=O)C=Cc2ccccc2)c1. The first-order chi connectivity index (χ1) is 14.9. The molecule has 0 saturated heterocycles. The highest BCUT2D eigenvalue weighted by Crippen LogP contribution is 2.17. The van der Waals surface area contributed by atoms with Gasteiger partial charge in [0.1, 0.15) is 0 Å². The van der Waals surface area contributed by atoms with Crippen molar-refractivity contribution in [3.8, 4) is 0 Å². The second-order valence-corrected chi connectivity index (χ2v) is 6.74. The summed E-state index contributed by atoms with van der Waals surface area (Å²) in [5.74, 6) is -1.09. The van der Waals surface area contributed by atoms with E-state index in [1.165, 1.54) is 19.3 Å². The Labute approximate surface area is 179 Å². The molecule has 0 unspecified atom stereocenters. The topological polar surface area (TPSA) is 113 Å². The Kier molecular flexibility index (Phi) is 6.95. The summed E-state index contributed by atoms with van der Waals surface area (Å²) in [7, 11) is 1.27. The Bertz CT molecular complexity index is 1120. The highest BCUT2D eigenvalue weighted by Gasteiger charge is 2.13. The molecule has 0 aliphatic carbocycles. The predicted octanol–water partition coefficient (Wildman–Crippen LogP) is 3.09. The summed E-state index contributed by atoms with van der Waals surface area (Å²) in [6.07, 6.45) is 4.65. The van der Waals surface area contributed by atoms with Gasteiger partial charge in [-0.05, 0) is 42.3 Å². The number of imidazole rings is 1. The van der Waals surface area contributed by atoms with Gasteiger partial charge in [-0.25, -0.2) is 9.78 Å². The summed E-state index contributed by atoms with van der Waals surface area (Å²) in [6, 6.07) is 14.2. The molecule has 1 aromatic heterocycles. The van der Waals surface area contributed by atoms with Crippen LogP contribution in [0, 0.1) is 6.92 Å². The lowest BCUT2D eigenvalue weighted by Gasteiger charge is -2.10. The lowest BCUT2D eigenvalue weighted by atomic mass is 10.1. The molecule has 3 N–H and O–H groups in total. The van der Waals surface area contributed by atoms with Gasteiger partial charge < -0.3 is 20.4 Å². The molecule has 3 aromatic rings. The van der Waals surface area contributed by atoms with Gasteiger partial charge in [0.15, 0.2) is 5.82 Å². The van der Waals surface area contributed by atoms with Crippen LogP contribution in [0.5, 0.6) is 0 Å². The number of aromatic amines is 1. The third-order valence-corrected chi connectivity index (χ3v) is 4.28. The molecule has 0 spiro atoms. The van der Waals surface area contributed by atoms with E-state index in [9.17, 15) is 14.4 Å². The highest BCUT2D eigenvalue weighted by atomic mass is 16.5. The molecule has 0 atom stereocenters. The number of carbonyl (C=O) groups is 3. The molecule has 158 valence electrons. The van der Waals surface area contributed by atoms with Crippen molar-refractivity contribution in [3.05, 3.63) is 89.0 Å². The minimum atomic E-state index is -0.551. The van der Waals surface area contributed by atoms with Crippen molar-refractivity contribution in [1.82, 2.24) is 15.3 Å². The summed E-state index contributed by atoms with van der Waals surface area (Å²) < 4.78 is 4.79. The number of carbonyl (C=O) groups excluding carboxylic acids is 3. The van der Waals surface area contributed by atoms with Crippen molar-refractivity contribution in [2.45, 2.75) is 13.5 Å². The zero-order valence-electron chi connectivity index (χ0n) is 17.1. The number of benzene rings is 2. The molecule has 0 radical (unpaired) electrons. The summed E-state index contributed by atoms with van der Waals surface area (Å²) >= 11 is 0. The molecule has 2 aromatic carbocycles. The van der Waals surface area contributed by atoms with Crippen LogP contribution in [0.25, 0.3) is 6.08 Å². The van der Waals surface area contributed by atoms with E-state index in [0.717, 1.165) is 11.3 Å². The number of anilines is 1. The molecule has 0 saturated carbocycles. The second-order valence-electron chi connectivity index (χ2n) is 6.74. The number of hydrogen-bond donors (Lipinski definition) is 3. The zero-order valence-corrected chi connectivity index (χ0v) is 17.1. The molecule has 31 heavy (non-hydrogen) atoms. The summed E-state index contributed by atoms with van der Waals surface area (Å²) in [6.45, 7) is 1.93. The summed E-state index contributed by atoms with van der Waals surface area (Å²) in [5.41, 5.74) is 2.93. The molecule has 1 heterocycles. The Morgan fingerprint density at radius 2 is 1.90 bits per heavy atom. The van der Waals surface area contributed by atoms with Crippen LogP contribution < -0.4 is 10.6 Å². The van der Waals surface area contributed by atoms with Crippen LogP contribution in [0.3, 0.4) is 0 Å². The average Bonchev–Trinajstić information content (AvgIpc) is 3.22. The molecular formula is C23H22N4O4. The molecule has 0 fully saturated rings. The number of amides is 2. The van der Waals surface area contributed by atoms with Crippen molar-refractivity contribution in [3.63, 3.8) is 0 Å². The first kappa shape index (κ1) is 21.5. The maximum atomic E-state index is 12.3. The quantitative estimate of drug-likeness (QED) is 0.403. The van der Waals surface area contributed by atoms with Crippen LogP contribution in [-0.4, -0.2) is 34.9 Å². The fourth-order valence-electron chi connectivity index (χ4n) is 2.82.